The normalized spacial score (nSPS) is 16.9. The number of nitrogens with zero attached hydrogens (tertiary/aromatic N) is 14. The number of carbonyl (C=O) groups is 5. The van der Waals surface area contributed by atoms with Crippen molar-refractivity contribution in [2.24, 2.45) is 0 Å². The van der Waals surface area contributed by atoms with Gasteiger partial charge in [0.1, 0.15) is 47.9 Å². The van der Waals surface area contributed by atoms with Crippen LogP contribution in [0.3, 0.4) is 0 Å². The van der Waals surface area contributed by atoms with Crippen LogP contribution in [0.25, 0.3) is 11.3 Å². The maximum atomic E-state index is 13.5. The highest BCUT2D eigenvalue weighted by atomic mass is 16.7. The van der Waals surface area contributed by atoms with Crippen LogP contribution in [0.2, 0.25) is 0 Å². The van der Waals surface area contributed by atoms with Crippen molar-refractivity contribution in [1.82, 2.24) is 54.8 Å². The molecule has 0 N–H and O–H groups in total. The summed E-state index contributed by atoms with van der Waals surface area (Å²) in [5.74, 6) is 0.207. The molecule has 3 fully saturated rings. The van der Waals surface area contributed by atoms with Gasteiger partial charge in [-0.2, -0.15) is 5.26 Å². The zero-order valence-electron chi connectivity index (χ0n) is 46.2. The fourth-order valence-corrected chi connectivity index (χ4v) is 9.75. The van der Waals surface area contributed by atoms with Gasteiger partial charge in [-0.3, -0.25) is 24.1 Å². The number of piperazine rings is 1. The predicted molar refractivity (Wildman–Crippen MR) is 292 cm³/mol. The van der Waals surface area contributed by atoms with Gasteiger partial charge in [-0.05, 0) is 57.2 Å². The molecule has 0 aliphatic carbocycles. The lowest BCUT2D eigenvalue weighted by molar-refractivity contribution is -0.172. The Morgan fingerprint density at radius 1 is 0.807 bits per heavy atom. The standard InChI is InChI=1S/C57H62N14O12/c1-38-31-67(56-61-29-41(30-62-56)47-11-10-46-53(75)57(2,3)70(54(46)63-47)32-40-6-5-15-59-48(40)27-58)16-17-69(38)52(74)36-68-33-42(64-65-68)37-79-21-20-78-23-25-81-45-34-66(35-45)18-19-77-22-24-80-43-7-4-8-44(26-43)82-49-12-9-39(28-60-49)55(76)83-71-50(72)13-14-51(71)73/h4-12,15,26,28-30,33,38,45H,13-14,16-25,31-32,34-37H2,1-3H3/t38-/m1/s1. The summed E-state index contributed by atoms with van der Waals surface area (Å²) in [6.07, 6.45) is 8.11. The molecule has 1 aromatic carbocycles. The molecule has 0 bridgehead atoms. The Kier molecular flexibility index (Phi) is 18.2. The maximum Gasteiger partial charge on any atom is 0.365 e. The average molecular weight is 1140 g/mol. The van der Waals surface area contributed by atoms with E-state index in [-0.39, 0.29) is 61.3 Å². The van der Waals surface area contributed by atoms with Crippen molar-refractivity contribution in [3.63, 3.8) is 0 Å². The molecule has 26 heteroatoms. The number of anilines is 2. The minimum absolute atomic E-state index is 0.00511. The summed E-state index contributed by atoms with van der Waals surface area (Å²) in [4.78, 5) is 98.3. The molecule has 0 radical (unpaired) electrons. The van der Waals surface area contributed by atoms with E-state index in [1.54, 1.807) is 67.3 Å². The van der Waals surface area contributed by atoms with Crippen molar-refractivity contribution < 1.29 is 57.2 Å². The summed E-state index contributed by atoms with van der Waals surface area (Å²) < 4.78 is 36.3. The number of aromatic nitrogens is 8. The van der Waals surface area contributed by atoms with Crippen LogP contribution in [-0.4, -0.2) is 187 Å². The molecule has 6 aromatic rings. The highest BCUT2D eigenvalue weighted by Gasteiger charge is 2.45. The molecular weight excluding hydrogens is 1070 g/mol. The molecule has 0 unspecified atom stereocenters. The van der Waals surface area contributed by atoms with E-state index >= 15 is 0 Å². The molecule has 3 amide bonds. The molecule has 432 valence electrons. The third-order valence-electron chi connectivity index (χ3n) is 14.3. The highest BCUT2D eigenvalue weighted by Crippen LogP contribution is 2.40. The summed E-state index contributed by atoms with van der Waals surface area (Å²) in [5.41, 5.74) is 2.60. The average Bonchev–Trinajstić information content (AvgIpc) is 2.70. The van der Waals surface area contributed by atoms with E-state index < -0.39 is 23.3 Å². The number of hydrogen-bond donors (Lipinski definition) is 0. The number of Topliss-reactive ketones (excluding diaryl/α,β-unsaturated/α-hetero) is 1. The Morgan fingerprint density at radius 3 is 2.36 bits per heavy atom. The quantitative estimate of drug-likeness (QED) is 0.0550. The zero-order chi connectivity index (χ0) is 57.9. The third kappa shape index (κ3) is 14.1. The summed E-state index contributed by atoms with van der Waals surface area (Å²) in [7, 11) is 0. The number of imide groups is 1. The molecule has 4 aliphatic heterocycles. The molecule has 1 atom stereocenters. The summed E-state index contributed by atoms with van der Waals surface area (Å²) in [6.45, 7) is 13.2. The number of amides is 3. The van der Waals surface area contributed by atoms with Crippen LogP contribution in [0.1, 0.15) is 71.3 Å². The van der Waals surface area contributed by atoms with Crippen LogP contribution >= 0.6 is 0 Å². The Balaban J connectivity index is 0.547. The lowest BCUT2D eigenvalue weighted by Crippen LogP contribution is -2.55. The van der Waals surface area contributed by atoms with Crippen molar-refractivity contribution >= 4 is 41.2 Å². The Labute approximate surface area is 477 Å². The van der Waals surface area contributed by atoms with Gasteiger partial charge in [-0.1, -0.05) is 17.3 Å². The smallest absolute Gasteiger partial charge is 0.365 e. The minimum atomic E-state index is -0.879. The number of hydroxylamine groups is 2. The van der Waals surface area contributed by atoms with Crippen molar-refractivity contribution in [1.29, 1.82) is 5.26 Å². The molecular formula is C57H62N14O12. The van der Waals surface area contributed by atoms with Crippen LogP contribution in [0.4, 0.5) is 11.8 Å². The van der Waals surface area contributed by atoms with Crippen LogP contribution in [0, 0.1) is 11.3 Å². The predicted octanol–water partition coefficient (Wildman–Crippen LogP) is 3.85. The van der Waals surface area contributed by atoms with Gasteiger partial charge in [-0.15, -0.1) is 10.2 Å². The topological polar surface area (TPSA) is 285 Å². The van der Waals surface area contributed by atoms with E-state index in [2.05, 4.69) is 41.2 Å². The number of ether oxygens (including phenoxy) is 6. The minimum Gasteiger partial charge on any atom is -0.491 e. The van der Waals surface area contributed by atoms with Crippen LogP contribution in [-0.2, 0) is 57.9 Å². The van der Waals surface area contributed by atoms with E-state index in [1.807, 2.05) is 41.5 Å². The summed E-state index contributed by atoms with van der Waals surface area (Å²) >= 11 is 0. The van der Waals surface area contributed by atoms with Gasteiger partial charge < -0.3 is 48.0 Å². The van der Waals surface area contributed by atoms with Crippen LogP contribution < -0.4 is 19.3 Å². The lowest BCUT2D eigenvalue weighted by Gasteiger charge is -2.39. The van der Waals surface area contributed by atoms with Gasteiger partial charge in [0.15, 0.2) is 5.78 Å². The van der Waals surface area contributed by atoms with E-state index in [4.69, 9.17) is 38.2 Å². The van der Waals surface area contributed by atoms with Crippen molar-refractivity contribution in [3.05, 3.63) is 120 Å². The van der Waals surface area contributed by atoms with Gasteiger partial charge in [-0.25, -0.2) is 34.4 Å². The largest absolute Gasteiger partial charge is 0.491 e. The maximum absolute atomic E-state index is 13.5. The number of rotatable bonds is 26. The van der Waals surface area contributed by atoms with Crippen molar-refractivity contribution in [2.75, 3.05) is 95.3 Å². The van der Waals surface area contributed by atoms with E-state index in [0.29, 0.717) is 135 Å². The molecule has 4 aliphatic rings. The molecule has 3 saturated heterocycles. The van der Waals surface area contributed by atoms with Crippen LogP contribution in [0.15, 0.2) is 91.6 Å². The van der Waals surface area contributed by atoms with Gasteiger partial charge in [0, 0.05) is 113 Å². The molecule has 10 rings (SSSR count). The van der Waals surface area contributed by atoms with Gasteiger partial charge in [0.2, 0.25) is 17.7 Å². The molecule has 26 nitrogen and oxygen atoms in total. The first kappa shape index (κ1) is 57.4. The first-order chi connectivity index (χ1) is 40.3. The SMILES string of the molecule is C[C@@H]1CN(c2ncc(-c3ccc4c(n3)N(Cc3cccnc3C#N)C(C)(C)C4=O)cn2)CCN1C(=O)Cn1cc(COCCOCCOC2CN(CCOCCOc3cccc(Oc4ccc(C(=O)ON5C(=O)CCC5=O)cn4)c3)C2)nn1. The van der Waals surface area contributed by atoms with Crippen LogP contribution in [0.5, 0.6) is 17.4 Å². The molecule has 0 saturated carbocycles. The number of carbonyl (C=O) groups excluding carboxylic acids is 5. The number of nitriles is 1. The monoisotopic (exact) mass is 1130 g/mol. The number of fused-ring (bicyclic) bond motifs is 1. The first-order valence-corrected chi connectivity index (χ1v) is 27.2. The molecule has 83 heavy (non-hydrogen) atoms. The molecule has 5 aromatic heterocycles. The van der Waals surface area contributed by atoms with Gasteiger partial charge in [0.25, 0.3) is 11.8 Å². The number of hydrogen-bond acceptors (Lipinski definition) is 23. The number of benzene rings is 1. The highest BCUT2D eigenvalue weighted by molar-refractivity contribution is 6.13. The number of likely N-dealkylation sites (tertiary alicyclic amines) is 1. The number of ketones is 1. The zero-order valence-corrected chi connectivity index (χ0v) is 46.2. The van der Waals surface area contributed by atoms with E-state index in [0.717, 1.165) is 19.6 Å². The Hall–Kier alpha value is -8.87. The van der Waals surface area contributed by atoms with Crippen molar-refractivity contribution in [2.45, 2.75) is 71.0 Å². The number of pyridine rings is 3. The Morgan fingerprint density at radius 2 is 1.58 bits per heavy atom. The molecule has 9 heterocycles. The van der Waals surface area contributed by atoms with E-state index in [9.17, 15) is 29.2 Å². The third-order valence-corrected chi connectivity index (χ3v) is 14.3. The summed E-state index contributed by atoms with van der Waals surface area (Å²) in [6, 6.07) is 19.1. The second-order valence-corrected chi connectivity index (χ2v) is 20.5. The van der Waals surface area contributed by atoms with Gasteiger partial charge >= 0.3 is 5.97 Å². The van der Waals surface area contributed by atoms with Gasteiger partial charge in [0.05, 0.1) is 80.9 Å². The van der Waals surface area contributed by atoms with Crippen molar-refractivity contribution in [3.8, 4) is 34.7 Å². The fraction of sp³-hybridized carbons (Fsp3) is 0.421. The Bertz CT molecular complexity index is 3320. The lowest BCUT2D eigenvalue weighted by atomic mass is 9.97. The second-order valence-electron chi connectivity index (χ2n) is 20.5. The second kappa shape index (κ2) is 26.4. The van der Waals surface area contributed by atoms with E-state index in [1.165, 1.54) is 23.0 Å². The fourth-order valence-electron chi connectivity index (χ4n) is 9.75. The summed E-state index contributed by atoms with van der Waals surface area (Å²) in [5, 5.41) is 18.5. The first-order valence-electron chi connectivity index (χ1n) is 27.2. The molecule has 0 spiro atoms.